The Bertz CT molecular complexity index is 540. The lowest BCUT2D eigenvalue weighted by Gasteiger charge is -2.19. The minimum absolute atomic E-state index is 0.209. The fourth-order valence-electron chi connectivity index (χ4n) is 2.24. The van der Waals surface area contributed by atoms with Gasteiger partial charge >= 0.3 is 5.97 Å². The van der Waals surface area contributed by atoms with Gasteiger partial charge < -0.3 is 10.1 Å². The van der Waals surface area contributed by atoms with E-state index in [9.17, 15) is 4.79 Å². The van der Waals surface area contributed by atoms with Crippen molar-refractivity contribution < 1.29 is 9.53 Å². The molecule has 1 N–H and O–H groups in total. The monoisotopic (exact) mass is 287 g/mol. The Morgan fingerprint density at radius 2 is 2.10 bits per heavy atom. The molecule has 1 aromatic carbocycles. The maximum Gasteiger partial charge on any atom is 0.314 e. The molecule has 112 valence electrons. The fourth-order valence-corrected chi connectivity index (χ4v) is 2.24. The lowest BCUT2D eigenvalue weighted by atomic mass is 9.99. The molecule has 0 fully saturated rings. The van der Waals surface area contributed by atoms with E-state index in [0.29, 0.717) is 6.54 Å². The number of hydrogen-bond donors (Lipinski definition) is 1. The molecule has 0 saturated carbocycles. The van der Waals surface area contributed by atoms with Crippen molar-refractivity contribution in [2.45, 2.75) is 25.4 Å². The quantitative estimate of drug-likeness (QED) is 0.789. The van der Waals surface area contributed by atoms with E-state index in [2.05, 4.69) is 17.3 Å². The average molecular weight is 287 g/mol. The van der Waals surface area contributed by atoms with Gasteiger partial charge in [-0.15, -0.1) is 0 Å². The summed E-state index contributed by atoms with van der Waals surface area (Å²) in [5.41, 5.74) is 0.961. The van der Waals surface area contributed by atoms with E-state index in [4.69, 9.17) is 4.74 Å². The second kappa shape index (κ2) is 7.59. The van der Waals surface area contributed by atoms with Crippen LogP contribution in [0.5, 0.6) is 0 Å². The molecule has 1 aromatic heterocycles. The first kappa shape index (κ1) is 15.3. The molecule has 2 rings (SSSR count). The summed E-state index contributed by atoms with van der Waals surface area (Å²) in [6, 6.07) is 11.8. The minimum atomic E-state index is -0.295. The maximum absolute atomic E-state index is 12.0. The number of carbonyl (C=O) groups excluding carboxylic acids is 1. The van der Waals surface area contributed by atoms with Gasteiger partial charge in [-0.1, -0.05) is 30.3 Å². The van der Waals surface area contributed by atoms with Crippen molar-refractivity contribution in [3.8, 4) is 0 Å². The van der Waals surface area contributed by atoms with E-state index in [0.717, 1.165) is 12.1 Å². The molecule has 0 aliphatic rings. The van der Waals surface area contributed by atoms with Crippen LogP contribution in [0.25, 0.3) is 0 Å². The Morgan fingerprint density at radius 3 is 2.71 bits per heavy atom. The molecule has 0 radical (unpaired) electrons. The van der Waals surface area contributed by atoms with Crippen LogP contribution < -0.4 is 5.32 Å². The Hall–Kier alpha value is -2.14. The summed E-state index contributed by atoms with van der Waals surface area (Å²) in [5, 5.41) is 7.55. The molecule has 0 aliphatic heterocycles. The zero-order valence-electron chi connectivity index (χ0n) is 12.4. The van der Waals surface area contributed by atoms with E-state index < -0.39 is 0 Å². The molecule has 5 heteroatoms. The van der Waals surface area contributed by atoms with Crippen LogP contribution in [0.15, 0.2) is 48.8 Å². The van der Waals surface area contributed by atoms with Gasteiger partial charge in [0.1, 0.15) is 0 Å². The topological polar surface area (TPSA) is 56.1 Å². The smallest absolute Gasteiger partial charge is 0.314 e. The van der Waals surface area contributed by atoms with E-state index in [1.54, 1.807) is 6.20 Å². The highest BCUT2D eigenvalue weighted by Crippen LogP contribution is 2.16. The van der Waals surface area contributed by atoms with Crippen LogP contribution in [0, 0.1) is 0 Å². The van der Waals surface area contributed by atoms with Gasteiger partial charge in [0.15, 0.2) is 0 Å². The van der Waals surface area contributed by atoms with Crippen LogP contribution in [-0.4, -0.2) is 35.4 Å². The number of benzene rings is 1. The Morgan fingerprint density at radius 1 is 1.33 bits per heavy atom. The van der Waals surface area contributed by atoms with Crippen LogP contribution in [0.4, 0.5) is 0 Å². The van der Waals surface area contributed by atoms with Crippen LogP contribution >= 0.6 is 0 Å². The number of aromatic nitrogens is 2. The highest BCUT2D eigenvalue weighted by atomic mass is 16.5. The summed E-state index contributed by atoms with van der Waals surface area (Å²) in [6.45, 7) is 3.37. The van der Waals surface area contributed by atoms with Gasteiger partial charge in [0.2, 0.25) is 0 Å². The molecule has 0 amide bonds. The molecule has 0 bridgehead atoms. The number of carbonyl (C=O) groups is 1. The van der Waals surface area contributed by atoms with Gasteiger partial charge in [0.25, 0.3) is 0 Å². The predicted molar refractivity (Wildman–Crippen MR) is 80.9 cm³/mol. The number of nitrogens with zero attached hydrogens (tertiary/aromatic N) is 2. The van der Waals surface area contributed by atoms with Crippen LogP contribution in [-0.2, 0) is 16.1 Å². The van der Waals surface area contributed by atoms with E-state index in [-0.39, 0.29) is 17.9 Å². The number of esters is 1. The summed E-state index contributed by atoms with van der Waals surface area (Å²) in [4.78, 5) is 12.0. The van der Waals surface area contributed by atoms with E-state index in [1.807, 2.05) is 47.3 Å². The van der Waals surface area contributed by atoms with Crippen LogP contribution in [0.2, 0.25) is 0 Å². The van der Waals surface area contributed by atoms with Gasteiger partial charge in [0.05, 0.1) is 19.6 Å². The highest BCUT2D eigenvalue weighted by molar-refractivity contribution is 5.78. The summed E-state index contributed by atoms with van der Waals surface area (Å²) in [5.74, 6) is -0.517. The standard InChI is InChI=1S/C16H21N3O2/c1-13(12-19-10-6-9-18-19)17-11-15(16(20)21-2)14-7-4-3-5-8-14/h3-10,13,15,17H,11-12H2,1-2H3. The second-order valence-electron chi connectivity index (χ2n) is 5.02. The van der Waals surface area contributed by atoms with Crippen molar-refractivity contribution in [3.63, 3.8) is 0 Å². The number of ether oxygens (including phenoxy) is 1. The van der Waals surface area contributed by atoms with Crippen molar-refractivity contribution in [1.29, 1.82) is 0 Å². The third-order valence-corrected chi connectivity index (χ3v) is 3.38. The van der Waals surface area contributed by atoms with Gasteiger partial charge in [-0.3, -0.25) is 9.48 Å². The molecule has 1 heterocycles. The first-order chi connectivity index (χ1) is 10.2. The molecule has 2 unspecified atom stereocenters. The van der Waals surface area contributed by atoms with Crippen molar-refractivity contribution in [2.75, 3.05) is 13.7 Å². The van der Waals surface area contributed by atoms with Crippen molar-refractivity contribution in [3.05, 3.63) is 54.4 Å². The third kappa shape index (κ3) is 4.43. The van der Waals surface area contributed by atoms with E-state index >= 15 is 0 Å². The first-order valence-corrected chi connectivity index (χ1v) is 7.04. The Kier molecular flexibility index (Phi) is 5.51. The largest absolute Gasteiger partial charge is 0.469 e. The molecule has 2 atom stereocenters. The number of rotatable bonds is 7. The second-order valence-corrected chi connectivity index (χ2v) is 5.02. The summed E-state index contributed by atoms with van der Waals surface area (Å²) in [6.07, 6.45) is 3.68. The van der Waals surface area contributed by atoms with Crippen molar-refractivity contribution in [2.24, 2.45) is 0 Å². The fraction of sp³-hybridized carbons (Fsp3) is 0.375. The zero-order valence-corrected chi connectivity index (χ0v) is 12.4. The maximum atomic E-state index is 12.0. The summed E-state index contributed by atoms with van der Waals surface area (Å²) in [7, 11) is 1.42. The van der Waals surface area contributed by atoms with E-state index in [1.165, 1.54) is 7.11 Å². The Labute approximate surface area is 124 Å². The minimum Gasteiger partial charge on any atom is -0.469 e. The Balaban J connectivity index is 1.94. The molecule has 0 saturated heterocycles. The molecule has 0 aliphatic carbocycles. The molecule has 21 heavy (non-hydrogen) atoms. The van der Waals surface area contributed by atoms with Gasteiger partial charge in [-0.25, -0.2) is 0 Å². The van der Waals surface area contributed by atoms with Gasteiger partial charge in [-0.2, -0.15) is 5.10 Å². The lowest BCUT2D eigenvalue weighted by molar-refractivity contribution is -0.142. The third-order valence-electron chi connectivity index (χ3n) is 3.38. The molecule has 5 nitrogen and oxygen atoms in total. The first-order valence-electron chi connectivity index (χ1n) is 7.04. The van der Waals surface area contributed by atoms with Crippen molar-refractivity contribution >= 4 is 5.97 Å². The molecular formula is C16H21N3O2. The zero-order chi connectivity index (χ0) is 15.1. The normalized spacial score (nSPS) is 13.6. The average Bonchev–Trinajstić information content (AvgIpc) is 3.01. The lowest BCUT2D eigenvalue weighted by Crippen LogP contribution is -2.36. The van der Waals surface area contributed by atoms with Gasteiger partial charge in [-0.05, 0) is 18.6 Å². The predicted octanol–water partition coefficient (Wildman–Crippen LogP) is 1.82. The van der Waals surface area contributed by atoms with Crippen molar-refractivity contribution in [1.82, 2.24) is 15.1 Å². The number of nitrogens with one attached hydrogen (secondary N) is 1. The molecule has 2 aromatic rings. The molecular weight excluding hydrogens is 266 g/mol. The van der Waals surface area contributed by atoms with Gasteiger partial charge in [0, 0.05) is 25.0 Å². The number of hydrogen-bond acceptors (Lipinski definition) is 4. The highest BCUT2D eigenvalue weighted by Gasteiger charge is 2.21. The van der Waals surface area contributed by atoms with Crippen LogP contribution in [0.3, 0.4) is 0 Å². The summed E-state index contributed by atoms with van der Waals surface area (Å²) < 4.78 is 6.78. The number of methoxy groups -OCH3 is 1. The summed E-state index contributed by atoms with van der Waals surface area (Å²) >= 11 is 0. The van der Waals surface area contributed by atoms with Crippen LogP contribution in [0.1, 0.15) is 18.4 Å². The molecule has 0 spiro atoms. The SMILES string of the molecule is COC(=O)C(CNC(C)Cn1cccn1)c1ccccc1.